The molecular weight excluding hydrogens is 411 g/mol. The first-order valence-corrected chi connectivity index (χ1v) is 10.8. The Labute approximate surface area is 167 Å². The van der Waals surface area contributed by atoms with Crippen molar-refractivity contribution in [2.24, 2.45) is 5.92 Å². The fourth-order valence-corrected chi connectivity index (χ4v) is 3.56. The Kier molecular flexibility index (Phi) is 6.89. The third kappa shape index (κ3) is 6.14. The zero-order valence-corrected chi connectivity index (χ0v) is 17.0. The fourth-order valence-electron chi connectivity index (χ4n) is 2.79. The van der Waals surface area contributed by atoms with Crippen molar-refractivity contribution < 1.29 is 35.9 Å². The van der Waals surface area contributed by atoms with Crippen molar-refractivity contribution in [3.8, 4) is 0 Å². The number of carbonyl (C=O) groups is 2. The molecule has 0 aromatic heterocycles. The SMILES string of the molecule is CCOC=C(C(=O)c1ccc(C(F)(F)F)cc1C(C)NS(C)(=O)=O)C(=O)C1CC1. The molecule has 160 valence electrons. The highest BCUT2D eigenvalue weighted by molar-refractivity contribution is 7.88. The van der Waals surface area contributed by atoms with Gasteiger partial charge in [0, 0.05) is 17.5 Å². The van der Waals surface area contributed by atoms with Gasteiger partial charge in [-0.05, 0) is 44.4 Å². The number of hydrogen-bond donors (Lipinski definition) is 1. The number of sulfonamides is 1. The van der Waals surface area contributed by atoms with Crippen LogP contribution in [0.15, 0.2) is 30.0 Å². The summed E-state index contributed by atoms with van der Waals surface area (Å²) in [5, 5.41) is 0. The Balaban J connectivity index is 2.56. The summed E-state index contributed by atoms with van der Waals surface area (Å²) in [5.74, 6) is -1.55. The van der Waals surface area contributed by atoms with Crippen molar-refractivity contribution in [1.82, 2.24) is 4.72 Å². The normalized spacial score (nSPS) is 16.4. The molecule has 1 aliphatic carbocycles. The van der Waals surface area contributed by atoms with Crippen molar-refractivity contribution >= 4 is 21.6 Å². The average molecular weight is 433 g/mol. The third-order valence-corrected chi connectivity index (χ3v) is 5.09. The molecule has 0 bridgehead atoms. The average Bonchev–Trinajstić information content (AvgIpc) is 3.44. The Morgan fingerprint density at radius 2 is 1.93 bits per heavy atom. The van der Waals surface area contributed by atoms with Gasteiger partial charge in [-0.15, -0.1) is 0 Å². The maximum absolute atomic E-state index is 13.2. The molecule has 0 heterocycles. The number of rotatable bonds is 9. The van der Waals surface area contributed by atoms with Crippen molar-refractivity contribution in [3.63, 3.8) is 0 Å². The summed E-state index contributed by atoms with van der Waals surface area (Å²) in [6.45, 7) is 3.17. The van der Waals surface area contributed by atoms with E-state index in [4.69, 9.17) is 4.74 Å². The molecule has 2 rings (SSSR count). The Morgan fingerprint density at radius 1 is 1.31 bits per heavy atom. The number of ketones is 2. The molecule has 6 nitrogen and oxygen atoms in total. The lowest BCUT2D eigenvalue weighted by atomic mass is 9.91. The van der Waals surface area contributed by atoms with E-state index in [1.807, 2.05) is 0 Å². The first-order chi connectivity index (χ1) is 13.3. The van der Waals surface area contributed by atoms with Crippen LogP contribution in [0, 0.1) is 5.92 Å². The first-order valence-electron chi connectivity index (χ1n) is 8.94. The standard InChI is InChI=1S/C19H22F3NO5S/c1-4-28-10-16(17(24)12-5-6-12)18(25)14-8-7-13(19(20,21)22)9-15(14)11(2)23-29(3,26)27/h7-12,23H,4-6H2,1-3H3. The number of carbonyl (C=O) groups excluding carboxylic acids is 2. The molecule has 0 spiro atoms. The number of halogens is 3. The molecule has 1 unspecified atom stereocenters. The second-order valence-corrected chi connectivity index (χ2v) is 8.65. The van der Waals surface area contributed by atoms with Gasteiger partial charge in [-0.1, -0.05) is 6.07 Å². The van der Waals surface area contributed by atoms with Crippen LogP contribution in [-0.2, 0) is 25.7 Å². The molecule has 1 fully saturated rings. The number of allylic oxidation sites excluding steroid dienone is 1. The van der Waals surface area contributed by atoms with Gasteiger partial charge in [-0.3, -0.25) is 9.59 Å². The molecule has 1 aromatic carbocycles. The molecule has 1 saturated carbocycles. The van der Waals surface area contributed by atoms with E-state index < -0.39 is 39.4 Å². The van der Waals surface area contributed by atoms with Crippen LogP contribution in [-0.4, -0.2) is 32.8 Å². The number of Topliss-reactive ketones (excluding diaryl/α,β-unsaturated/α-hetero) is 2. The predicted molar refractivity (Wildman–Crippen MR) is 99.6 cm³/mol. The molecule has 1 atom stereocenters. The number of ether oxygens (including phenoxy) is 1. The van der Waals surface area contributed by atoms with Gasteiger partial charge >= 0.3 is 6.18 Å². The molecular formula is C19H22F3NO5S. The van der Waals surface area contributed by atoms with Gasteiger partial charge in [-0.25, -0.2) is 13.1 Å². The number of hydrogen-bond acceptors (Lipinski definition) is 5. The topological polar surface area (TPSA) is 89.5 Å². The molecule has 1 N–H and O–H groups in total. The van der Waals surface area contributed by atoms with Gasteiger partial charge in [0.05, 0.1) is 24.7 Å². The van der Waals surface area contributed by atoms with Gasteiger partial charge in [0.15, 0.2) is 11.6 Å². The van der Waals surface area contributed by atoms with Crippen molar-refractivity contribution in [2.45, 2.75) is 38.9 Å². The summed E-state index contributed by atoms with van der Waals surface area (Å²) in [5.41, 5.74) is -1.67. The van der Waals surface area contributed by atoms with Gasteiger partial charge < -0.3 is 4.74 Å². The first kappa shape index (κ1) is 23.1. The molecule has 1 aliphatic rings. The lowest BCUT2D eigenvalue weighted by molar-refractivity contribution is -0.137. The van der Waals surface area contributed by atoms with Crippen molar-refractivity contribution in [3.05, 3.63) is 46.7 Å². The predicted octanol–water partition coefficient (Wildman–Crippen LogP) is 3.40. The van der Waals surface area contributed by atoms with Crippen LogP contribution in [0.1, 0.15) is 54.2 Å². The van der Waals surface area contributed by atoms with E-state index in [9.17, 15) is 31.2 Å². The maximum Gasteiger partial charge on any atom is 0.416 e. The second kappa shape index (κ2) is 8.66. The van der Waals surface area contributed by atoms with Crippen LogP contribution in [0.4, 0.5) is 13.2 Å². The summed E-state index contributed by atoms with van der Waals surface area (Å²) in [6, 6.07) is 1.27. The molecule has 29 heavy (non-hydrogen) atoms. The van der Waals surface area contributed by atoms with Crippen LogP contribution in [0.2, 0.25) is 0 Å². The van der Waals surface area contributed by atoms with Crippen LogP contribution in [0.25, 0.3) is 0 Å². The van der Waals surface area contributed by atoms with E-state index in [1.165, 1.54) is 6.92 Å². The van der Waals surface area contributed by atoms with Gasteiger partial charge in [-0.2, -0.15) is 13.2 Å². The lowest BCUT2D eigenvalue weighted by Crippen LogP contribution is -2.28. The van der Waals surface area contributed by atoms with E-state index in [0.717, 1.165) is 30.7 Å². The molecule has 0 saturated heterocycles. The van der Waals surface area contributed by atoms with Gasteiger partial charge in [0.1, 0.15) is 5.57 Å². The second-order valence-electron chi connectivity index (χ2n) is 6.87. The maximum atomic E-state index is 13.2. The minimum atomic E-state index is -4.69. The van der Waals surface area contributed by atoms with E-state index in [2.05, 4.69) is 4.72 Å². The summed E-state index contributed by atoms with van der Waals surface area (Å²) in [4.78, 5) is 25.6. The highest BCUT2D eigenvalue weighted by Gasteiger charge is 2.37. The van der Waals surface area contributed by atoms with E-state index in [1.54, 1.807) is 6.92 Å². The fraction of sp³-hybridized carbons (Fsp3) is 0.474. The zero-order valence-electron chi connectivity index (χ0n) is 16.2. The molecule has 0 radical (unpaired) electrons. The highest BCUT2D eigenvalue weighted by atomic mass is 32.2. The summed E-state index contributed by atoms with van der Waals surface area (Å²) in [6.07, 6.45) is -1.55. The molecule has 0 aliphatic heterocycles. The van der Waals surface area contributed by atoms with Gasteiger partial charge in [0.2, 0.25) is 10.0 Å². The minimum Gasteiger partial charge on any atom is -0.501 e. The Morgan fingerprint density at radius 3 is 2.41 bits per heavy atom. The number of nitrogens with one attached hydrogen (secondary N) is 1. The summed E-state index contributed by atoms with van der Waals surface area (Å²) in [7, 11) is -3.77. The van der Waals surface area contributed by atoms with E-state index in [-0.39, 0.29) is 29.2 Å². The zero-order chi connectivity index (χ0) is 22.0. The lowest BCUT2D eigenvalue weighted by Gasteiger charge is -2.19. The molecule has 10 heteroatoms. The molecule has 0 amide bonds. The van der Waals surface area contributed by atoms with Crippen LogP contribution < -0.4 is 4.72 Å². The minimum absolute atomic E-state index is 0.179. The quantitative estimate of drug-likeness (QED) is 0.212. The number of benzene rings is 1. The molecule has 1 aromatic rings. The van der Waals surface area contributed by atoms with E-state index >= 15 is 0 Å². The smallest absolute Gasteiger partial charge is 0.416 e. The highest BCUT2D eigenvalue weighted by Crippen LogP contribution is 2.36. The van der Waals surface area contributed by atoms with E-state index in [0.29, 0.717) is 12.8 Å². The Bertz CT molecular complexity index is 934. The summed E-state index contributed by atoms with van der Waals surface area (Å²) < 4.78 is 69.9. The monoisotopic (exact) mass is 433 g/mol. The largest absolute Gasteiger partial charge is 0.501 e. The van der Waals surface area contributed by atoms with Crippen LogP contribution >= 0.6 is 0 Å². The van der Waals surface area contributed by atoms with Gasteiger partial charge in [0.25, 0.3) is 0 Å². The number of alkyl halides is 3. The third-order valence-electron chi connectivity index (χ3n) is 4.31. The summed E-state index contributed by atoms with van der Waals surface area (Å²) >= 11 is 0. The Hall–Kier alpha value is -2.20. The van der Waals surface area contributed by atoms with Crippen LogP contribution in [0.3, 0.4) is 0 Å². The van der Waals surface area contributed by atoms with Crippen molar-refractivity contribution in [2.75, 3.05) is 12.9 Å². The van der Waals surface area contributed by atoms with Crippen molar-refractivity contribution in [1.29, 1.82) is 0 Å². The van der Waals surface area contributed by atoms with Crippen LogP contribution in [0.5, 0.6) is 0 Å².